The highest BCUT2D eigenvalue weighted by Gasteiger charge is 2.13. The van der Waals surface area contributed by atoms with Gasteiger partial charge >= 0.3 is 0 Å². The van der Waals surface area contributed by atoms with Gasteiger partial charge in [0.2, 0.25) is 0 Å². The van der Waals surface area contributed by atoms with Crippen LogP contribution < -0.4 is 5.32 Å². The Labute approximate surface area is 134 Å². The number of likely N-dealkylation sites (N-methyl/N-ethyl adjacent to an activating group) is 1. The first kappa shape index (κ1) is 16.8. The summed E-state index contributed by atoms with van der Waals surface area (Å²) in [5.41, 5.74) is 1.33. The lowest BCUT2D eigenvalue weighted by atomic mass is 10.0. The average molecular weight is 310 g/mol. The Bertz CT molecular complexity index is 399. The van der Waals surface area contributed by atoms with E-state index in [1.54, 1.807) is 0 Å². The zero-order valence-electron chi connectivity index (χ0n) is 13.3. The van der Waals surface area contributed by atoms with Gasteiger partial charge in [0.1, 0.15) is 0 Å². The molecule has 0 aliphatic carbocycles. The second kappa shape index (κ2) is 8.74. The molecule has 0 amide bonds. The summed E-state index contributed by atoms with van der Waals surface area (Å²) in [6.07, 6.45) is 2.32. The van der Waals surface area contributed by atoms with Crippen LogP contribution in [0.15, 0.2) is 24.3 Å². The van der Waals surface area contributed by atoms with Crippen molar-refractivity contribution in [3.05, 3.63) is 34.9 Å². The Morgan fingerprint density at radius 2 is 1.81 bits per heavy atom. The third-order valence-corrected chi connectivity index (χ3v) is 4.57. The quantitative estimate of drug-likeness (QED) is 0.781. The molecule has 0 spiro atoms. The summed E-state index contributed by atoms with van der Waals surface area (Å²) >= 11 is 5.95. The zero-order chi connectivity index (χ0) is 15.1. The number of hydrogen-bond donors (Lipinski definition) is 1. The third-order valence-electron chi connectivity index (χ3n) is 4.32. The summed E-state index contributed by atoms with van der Waals surface area (Å²) < 4.78 is 0. The molecule has 0 bridgehead atoms. The van der Waals surface area contributed by atoms with Crippen LogP contribution >= 0.6 is 11.6 Å². The summed E-state index contributed by atoms with van der Waals surface area (Å²) in [5, 5.41) is 4.48. The summed E-state index contributed by atoms with van der Waals surface area (Å²) in [7, 11) is 2.21. The summed E-state index contributed by atoms with van der Waals surface area (Å²) in [4.78, 5) is 4.98. The van der Waals surface area contributed by atoms with Crippen molar-refractivity contribution in [2.24, 2.45) is 0 Å². The number of piperazine rings is 1. The van der Waals surface area contributed by atoms with Crippen LogP contribution in [0.1, 0.15) is 31.4 Å². The molecule has 1 aliphatic heterocycles. The second-order valence-electron chi connectivity index (χ2n) is 5.96. The van der Waals surface area contributed by atoms with Gasteiger partial charge < -0.3 is 15.1 Å². The first-order valence-electron chi connectivity index (χ1n) is 8.08. The molecule has 1 fully saturated rings. The molecular weight excluding hydrogens is 282 g/mol. The molecule has 0 radical (unpaired) electrons. The topological polar surface area (TPSA) is 18.5 Å². The van der Waals surface area contributed by atoms with Crippen LogP contribution in [0, 0.1) is 0 Å². The van der Waals surface area contributed by atoms with Gasteiger partial charge in [0.25, 0.3) is 0 Å². The minimum absolute atomic E-state index is 0.440. The van der Waals surface area contributed by atoms with Crippen molar-refractivity contribution in [3.8, 4) is 0 Å². The molecule has 0 aromatic heterocycles. The molecule has 1 heterocycles. The van der Waals surface area contributed by atoms with Gasteiger partial charge in [0.15, 0.2) is 0 Å². The molecule has 1 unspecified atom stereocenters. The van der Waals surface area contributed by atoms with Crippen molar-refractivity contribution >= 4 is 11.6 Å². The Morgan fingerprint density at radius 3 is 2.43 bits per heavy atom. The molecule has 118 valence electrons. The molecule has 1 aromatic rings. The van der Waals surface area contributed by atoms with Crippen LogP contribution in [0.25, 0.3) is 0 Å². The Hall–Kier alpha value is -0.610. The predicted octanol–water partition coefficient (Wildman–Crippen LogP) is 3.02. The van der Waals surface area contributed by atoms with E-state index < -0.39 is 0 Å². The van der Waals surface area contributed by atoms with Crippen LogP contribution in [0.4, 0.5) is 0 Å². The smallest absolute Gasteiger partial charge is 0.0406 e. The van der Waals surface area contributed by atoms with Crippen molar-refractivity contribution in [2.45, 2.75) is 25.8 Å². The highest BCUT2D eigenvalue weighted by molar-refractivity contribution is 6.30. The lowest BCUT2D eigenvalue weighted by Crippen LogP contribution is -2.45. The number of rotatable bonds is 7. The van der Waals surface area contributed by atoms with Crippen molar-refractivity contribution < 1.29 is 0 Å². The monoisotopic (exact) mass is 309 g/mol. The fraction of sp³-hybridized carbons (Fsp3) is 0.647. The molecule has 3 nitrogen and oxygen atoms in total. The van der Waals surface area contributed by atoms with E-state index in [1.165, 1.54) is 44.7 Å². The molecule has 1 aromatic carbocycles. The van der Waals surface area contributed by atoms with Gasteiger partial charge in [-0.25, -0.2) is 0 Å². The van der Waals surface area contributed by atoms with E-state index in [-0.39, 0.29) is 0 Å². The van der Waals surface area contributed by atoms with Crippen LogP contribution in [-0.2, 0) is 0 Å². The summed E-state index contributed by atoms with van der Waals surface area (Å²) in [6.45, 7) is 9.35. The molecule has 1 atom stereocenters. The molecule has 2 rings (SSSR count). The van der Waals surface area contributed by atoms with Crippen LogP contribution in [0.5, 0.6) is 0 Å². The third kappa shape index (κ3) is 5.59. The predicted molar refractivity (Wildman–Crippen MR) is 91.0 cm³/mol. The van der Waals surface area contributed by atoms with Gasteiger partial charge in [-0.2, -0.15) is 0 Å². The SMILES string of the molecule is CCC(NCCCN1CCN(C)CC1)c1ccc(Cl)cc1. The standard InChI is InChI=1S/C17H28ClN3/c1-3-17(15-5-7-16(18)8-6-15)19-9-4-10-21-13-11-20(2)12-14-21/h5-8,17,19H,3-4,9-14H2,1-2H3. The number of halogens is 1. The normalized spacial score (nSPS) is 18.8. The first-order valence-corrected chi connectivity index (χ1v) is 8.46. The lowest BCUT2D eigenvalue weighted by Gasteiger charge is -2.32. The van der Waals surface area contributed by atoms with Gasteiger partial charge in [0.05, 0.1) is 0 Å². The van der Waals surface area contributed by atoms with Gasteiger partial charge in [0, 0.05) is 37.2 Å². The molecule has 0 saturated carbocycles. The largest absolute Gasteiger partial charge is 0.310 e. The minimum Gasteiger partial charge on any atom is -0.310 e. The van der Waals surface area contributed by atoms with Gasteiger partial charge in [-0.1, -0.05) is 30.7 Å². The number of benzene rings is 1. The Balaban J connectivity index is 1.67. The van der Waals surface area contributed by atoms with Gasteiger partial charge in [-0.3, -0.25) is 0 Å². The average Bonchev–Trinajstić information content (AvgIpc) is 2.50. The molecular formula is C17H28ClN3. The highest BCUT2D eigenvalue weighted by atomic mass is 35.5. The van der Waals surface area contributed by atoms with E-state index in [1.807, 2.05) is 12.1 Å². The van der Waals surface area contributed by atoms with Gasteiger partial charge in [-0.15, -0.1) is 0 Å². The number of nitrogens with one attached hydrogen (secondary N) is 1. The Kier molecular flexibility index (Phi) is 6.97. The second-order valence-corrected chi connectivity index (χ2v) is 6.40. The maximum atomic E-state index is 5.95. The zero-order valence-corrected chi connectivity index (χ0v) is 14.1. The van der Waals surface area contributed by atoms with Crippen LogP contribution in [0.3, 0.4) is 0 Å². The lowest BCUT2D eigenvalue weighted by molar-refractivity contribution is 0.152. The number of nitrogens with zero attached hydrogens (tertiary/aromatic N) is 2. The van der Waals surface area contributed by atoms with Crippen molar-refractivity contribution in [3.63, 3.8) is 0 Å². The summed E-state index contributed by atoms with van der Waals surface area (Å²) in [6, 6.07) is 8.65. The fourth-order valence-electron chi connectivity index (χ4n) is 2.84. The van der Waals surface area contributed by atoms with E-state index in [2.05, 4.69) is 41.2 Å². The van der Waals surface area contributed by atoms with Crippen LogP contribution in [0.2, 0.25) is 5.02 Å². The van der Waals surface area contributed by atoms with Crippen molar-refractivity contribution in [2.75, 3.05) is 46.3 Å². The fourth-order valence-corrected chi connectivity index (χ4v) is 2.97. The molecule has 21 heavy (non-hydrogen) atoms. The number of hydrogen-bond acceptors (Lipinski definition) is 3. The van der Waals surface area contributed by atoms with Gasteiger partial charge in [-0.05, 0) is 50.7 Å². The van der Waals surface area contributed by atoms with Crippen molar-refractivity contribution in [1.29, 1.82) is 0 Å². The maximum Gasteiger partial charge on any atom is 0.0406 e. The molecule has 1 aliphatic rings. The Morgan fingerprint density at radius 1 is 1.14 bits per heavy atom. The van der Waals surface area contributed by atoms with Crippen molar-refractivity contribution in [1.82, 2.24) is 15.1 Å². The summed E-state index contributed by atoms with van der Waals surface area (Å²) in [5.74, 6) is 0. The van der Waals surface area contributed by atoms with E-state index >= 15 is 0 Å². The van der Waals surface area contributed by atoms with E-state index in [9.17, 15) is 0 Å². The molecule has 1 N–H and O–H groups in total. The maximum absolute atomic E-state index is 5.95. The van der Waals surface area contributed by atoms with E-state index in [0.29, 0.717) is 6.04 Å². The first-order chi connectivity index (χ1) is 10.2. The minimum atomic E-state index is 0.440. The van der Waals surface area contributed by atoms with Crippen LogP contribution in [-0.4, -0.2) is 56.1 Å². The van der Waals surface area contributed by atoms with E-state index in [4.69, 9.17) is 11.6 Å². The van der Waals surface area contributed by atoms with E-state index in [0.717, 1.165) is 18.0 Å². The molecule has 4 heteroatoms. The molecule has 1 saturated heterocycles. The highest BCUT2D eigenvalue weighted by Crippen LogP contribution is 2.19.